The molecule has 3 aromatic rings. The number of benzene rings is 1. The number of nitrogens with zero attached hydrogens (tertiary/aromatic N) is 2. The molecule has 0 saturated heterocycles. The third kappa shape index (κ3) is 3.69. The molecule has 7 nitrogen and oxygen atoms in total. The minimum absolute atomic E-state index is 0.135. The van der Waals surface area contributed by atoms with E-state index in [2.05, 4.69) is 10.1 Å². The molecule has 1 aliphatic carbocycles. The van der Waals surface area contributed by atoms with Gasteiger partial charge in [0.25, 0.3) is 0 Å². The lowest BCUT2D eigenvalue weighted by Crippen LogP contribution is -2.17. The van der Waals surface area contributed by atoms with Crippen LogP contribution in [0.15, 0.2) is 24.3 Å². The summed E-state index contributed by atoms with van der Waals surface area (Å²) >= 11 is 0. The Balaban J connectivity index is 1.54. The number of halogens is 1. The molecule has 160 valence electrons. The van der Waals surface area contributed by atoms with E-state index in [0.29, 0.717) is 28.9 Å². The maximum absolute atomic E-state index is 13.3. The summed E-state index contributed by atoms with van der Waals surface area (Å²) < 4.78 is 20.2. The van der Waals surface area contributed by atoms with Crippen molar-refractivity contribution in [3.8, 4) is 5.69 Å². The van der Waals surface area contributed by atoms with Gasteiger partial charge in [-0.25, -0.2) is 13.9 Å². The Hall–Kier alpha value is -3.55. The van der Waals surface area contributed by atoms with Gasteiger partial charge >= 0.3 is 5.97 Å². The summed E-state index contributed by atoms with van der Waals surface area (Å²) in [6.45, 7) is 4.38. The molecule has 4 rings (SSSR count). The van der Waals surface area contributed by atoms with Crippen molar-refractivity contribution in [2.45, 2.75) is 40.0 Å². The number of ketones is 2. The van der Waals surface area contributed by atoms with Gasteiger partial charge in [-0.3, -0.25) is 9.59 Å². The molecule has 1 aliphatic rings. The van der Waals surface area contributed by atoms with Crippen molar-refractivity contribution in [1.29, 1.82) is 0 Å². The lowest BCUT2D eigenvalue weighted by molar-refractivity contribution is 0.0466. The van der Waals surface area contributed by atoms with Crippen LogP contribution in [-0.4, -0.2) is 38.9 Å². The Morgan fingerprint density at radius 3 is 2.52 bits per heavy atom. The monoisotopic (exact) mass is 423 g/mol. The highest BCUT2D eigenvalue weighted by molar-refractivity contribution is 6.04. The molecule has 0 fully saturated rings. The molecule has 2 aromatic heterocycles. The Morgan fingerprint density at radius 1 is 1.16 bits per heavy atom. The van der Waals surface area contributed by atoms with Crippen molar-refractivity contribution in [2.75, 3.05) is 6.61 Å². The van der Waals surface area contributed by atoms with Gasteiger partial charge in [0.15, 0.2) is 18.1 Å². The average molecular weight is 423 g/mol. The van der Waals surface area contributed by atoms with E-state index in [0.717, 1.165) is 24.1 Å². The number of hydrogen-bond acceptors (Lipinski definition) is 5. The zero-order valence-electron chi connectivity index (χ0n) is 17.5. The number of Topliss-reactive ketones (excluding diaryl/α,β-unsaturated/α-hetero) is 2. The fraction of sp³-hybridized carbons (Fsp3) is 0.304. The summed E-state index contributed by atoms with van der Waals surface area (Å²) in [5.74, 6) is -1.59. The summed E-state index contributed by atoms with van der Waals surface area (Å²) in [7, 11) is 0. The van der Waals surface area contributed by atoms with Gasteiger partial charge in [-0.05, 0) is 69.9 Å². The molecule has 0 bridgehead atoms. The molecule has 1 aromatic carbocycles. The molecule has 0 spiro atoms. The second-order valence-corrected chi connectivity index (χ2v) is 7.70. The van der Waals surface area contributed by atoms with Crippen molar-refractivity contribution in [3.05, 3.63) is 69.5 Å². The van der Waals surface area contributed by atoms with Crippen LogP contribution in [0.5, 0.6) is 0 Å². The Labute approximate surface area is 178 Å². The fourth-order valence-electron chi connectivity index (χ4n) is 4.23. The van der Waals surface area contributed by atoms with Gasteiger partial charge in [0.2, 0.25) is 5.78 Å². The van der Waals surface area contributed by atoms with E-state index in [1.165, 1.54) is 19.1 Å². The first-order valence-corrected chi connectivity index (χ1v) is 10.0. The lowest BCUT2D eigenvalue weighted by Gasteiger charge is -2.05. The van der Waals surface area contributed by atoms with Crippen molar-refractivity contribution >= 4 is 17.5 Å². The van der Waals surface area contributed by atoms with Crippen LogP contribution >= 0.6 is 0 Å². The van der Waals surface area contributed by atoms with Gasteiger partial charge in [0.05, 0.1) is 11.4 Å². The number of rotatable bonds is 6. The zero-order valence-corrected chi connectivity index (χ0v) is 17.5. The Kier molecular flexibility index (Phi) is 5.31. The van der Waals surface area contributed by atoms with Gasteiger partial charge in [-0.15, -0.1) is 0 Å². The lowest BCUT2D eigenvalue weighted by atomic mass is 10.1. The number of aromatic nitrogens is 3. The second kappa shape index (κ2) is 7.94. The zero-order chi connectivity index (χ0) is 22.3. The van der Waals surface area contributed by atoms with Gasteiger partial charge in [0, 0.05) is 22.5 Å². The van der Waals surface area contributed by atoms with Crippen LogP contribution < -0.4 is 0 Å². The fourth-order valence-corrected chi connectivity index (χ4v) is 4.23. The number of carbonyl (C=O) groups is 3. The Bertz CT molecular complexity index is 1200. The molecular weight excluding hydrogens is 401 g/mol. The highest BCUT2D eigenvalue weighted by Crippen LogP contribution is 2.28. The molecule has 2 heterocycles. The molecule has 0 radical (unpaired) electrons. The molecular formula is C23H22FN3O4. The van der Waals surface area contributed by atoms with Crippen LogP contribution in [0.25, 0.3) is 5.69 Å². The van der Waals surface area contributed by atoms with E-state index >= 15 is 0 Å². The summed E-state index contributed by atoms with van der Waals surface area (Å²) in [5.41, 5.74) is 4.42. The number of carbonyl (C=O) groups excluding carboxylic acids is 3. The highest BCUT2D eigenvalue weighted by atomic mass is 19.1. The molecule has 0 amide bonds. The van der Waals surface area contributed by atoms with Crippen molar-refractivity contribution in [3.63, 3.8) is 0 Å². The quantitative estimate of drug-likeness (QED) is 0.482. The maximum Gasteiger partial charge on any atom is 0.359 e. The maximum atomic E-state index is 13.3. The summed E-state index contributed by atoms with van der Waals surface area (Å²) in [6, 6.07) is 5.88. The summed E-state index contributed by atoms with van der Waals surface area (Å²) in [5, 5.41) is 4.40. The topological polar surface area (TPSA) is 94.0 Å². The first-order valence-electron chi connectivity index (χ1n) is 10.0. The van der Waals surface area contributed by atoms with E-state index in [1.54, 1.807) is 30.7 Å². The van der Waals surface area contributed by atoms with Crippen LogP contribution in [0.2, 0.25) is 0 Å². The number of aryl methyl sites for hydroxylation is 1. The van der Waals surface area contributed by atoms with Gasteiger partial charge < -0.3 is 9.72 Å². The number of fused-ring (bicyclic) bond motifs is 1. The molecule has 8 heteroatoms. The number of H-pyrrole nitrogens is 1. The molecule has 0 saturated carbocycles. The smallest absolute Gasteiger partial charge is 0.359 e. The van der Waals surface area contributed by atoms with E-state index < -0.39 is 18.4 Å². The van der Waals surface area contributed by atoms with E-state index in [1.807, 2.05) is 0 Å². The van der Waals surface area contributed by atoms with Crippen LogP contribution in [0.3, 0.4) is 0 Å². The molecule has 0 unspecified atom stereocenters. The number of ether oxygens (including phenoxy) is 1. The van der Waals surface area contributed by atoms with Gasteiger partial charge in [0.1, 0.15) is 5.82 Å². The summed E-state index contributed by atoms with van der Waals surface area (Å²) in [4.78, 5) is 40.0. The van der Waals surface area contributed by atoms with E-state index in [-0.39, 0.29) is 23.0 Å². The van der Waals surface area contributed by atoms with Gasteiger partial charge in [-0.1, -0.05) is 0 Å². The van der Waals surface area contributed by atoms with Gasteiger partial charge in [-0.2, -0.15) is 5.10 Å². The van der Waals surface area contributed by atoms with Crippen molar-refractivity contribution in [2.24, 2.45) is 0 Å². The minimum Gasteiger partial charge on any atom is -0.452 e. The van der Waals surface area contributed by atoms with Crippen molar-refractivity contribution < 1.29 is 23.5 Å². The van der Waals surface area contributed by atoms with E-state index in [9.17, 15) is 18.8 Å². The number of hydrogen-bond donors (Lipinski definition) is 1. The number of nitrogens with one attached hydrogen (secondary N) is 1. The third-order valence-electron chi connectivity index (χ3n) is 5.60. The second-order valence-electron chi connectivity index (χ2n) is 7.70. The molecule has 1 N–H and O–H groups in total. The first-order chi connectivity index (χ1) is 14.8. The van der Waals surface area contributed by atoms with Crippen LogP contribution in [0.1, 0.15) is 67.2 Å². The third-order valence-corrected chi connectivity index (χ3v) is 5.60. The minimum atomic E-state index is -0.680. The van der Waals surface area contributed by atoms with Crippen LogP contribution in [0, 0.1) is 19.7 Å². The first kappa shape index (κ1) is 20.7. The predicted molar refractivity (Wildman–Crippen MR) is 110 cm³/mol. The highest BCUT2D eigenvalue weighted by Gasteiger charge is 2.29. The van der Waals surface area contributed by atoms with Crippen molar-refractivity contribution in [1.82, 2.24) is 14.8 Å². The largest absolute Gasteiger partial charge is 0.452 e. The molecule has 0 atom stereocenters. The predicted octanol–water partition coefficient (Wildman–Crippen LogP) is 3.69. The molecule has 0 aliphatic heterocycles. The normalized spacial score (nSPS) is 12.6. The number of esters is 1. The number of aromatic amines is 1. The van der Waals surface area contributed by atoms with Crippen LogP contribution in [0.4, 0.5) is 4.39 Å². The molecule has 31 heavy (non-hydrogen) atoms. The Morgan fingerprint density at radius 2 is 1.87 bits per heavy atom. The average Bonchev–Trinajstić information content (AvgIpc) is 3.40. The standard InChI is InChI=1S/C23H22FN3O4/c1-12-20(14(3)28)13(2)25-21(12)19(29)11-31-23(30)22-17-5-4-6-18(17)27(26-22)16-9-7-15(24)8-10-16/h7-10,25H,4-6,11H2,1-3H3. The van der Waals surface area contributed by atoms with Crippen LogP contribution in [-0.2, 0) is 17.6 Å². The SMILES string of the molecule is CC(=O)c1c(C)[nH]c(C(=O)COC(=O)c2nn(-c3ccc(F)cc3)c3c2CCC3)c1C. The summed E-state index contributed by atoms with van der Waals surface area (Å²) in [6.07, 6.45) is 2.31. The van der Waals surface area contributed by atoms with E-state index in [4.69, 9.17) is 4.74 Å².